The highest BCUT2D eigenvalue weighted by Gasteiger charge is 2.74. The van der Waals surface area contributed by atoms with Crippen molar-refractivity contribution in [1.29, 1.82) is 0 Å². The third-order valence-electron chi connectivity index (χ3n) is 33.3. The summed E-state index contributed by atoms with van der Waals surface area (Å²) in [6.07, 6.45) is -67.2. The van der Waals surface area contributed by atoms with Crippen LogP contribution in [0.3, 0.4) is 0 Å². The second-order valence-electron chi connectivity index (χ2n) is 42.6. The van der Waals surface area contributed by atoms with Crippen molar-refractivity contribution in [1.82, 2.24) is 0 Å². The molecule has 5 aliphatic carbocycles. The number of fused-ring (bicyclic) bond motifs is 7. The van der Waals surface area contributed by atoms with Crippen molar-refractivity contribution in [3.63, 3.8) is 0 Å². The standard InChI is InChI=1S/C92H148O46/c1-13-36(3)46(126-54(102)25-41(98)24-47(37(4)14-2)127-80-63(111)59(107)49(30-94)128-80)23-40(97)26-55(103)131-70-56(104)38(5)124-82(73(70)136-79-65(113)61(109)68(39(6)125-79)132-78-67(115)69(45(100)32-122-78)133-84-75(116)91(120,34-96)35-123-84)138-85(119)92-22-21-86(7,8)27-43(92)42-15-16-51-87(9)19-18-53(88(10,33-95)50(87)17-20-89(51,11)90(42,12)28-52(92)101)130-83-74(137-81-64(112)60(108)58(106)48(29-93)129-81)71(66(114)72(135-83)76(117)118)134-77-62(110)57(105)44(99)31-121-77/h15,33,36-41,43-53,56-75,77-84,93-94,96-101,104-116,120H,13-14,16-32,34-35H2,1-12H3,(H,117,118)/t36-,37-,38?,39?,40-,41-,43?,44+,45?,46-,47-,48?,49-,50?,51?,52+,53-,56+,57-,58-,59?,60-,61+,62?,63?,64?,65?,66+,67-,68-,69-,70?,71-,72?,73+,74?,75+,77-,78?,79-,80+,81-,82-,83+,84-,87-,88-,89+,90+,91?,92+/m0/s1. The van der Waals surface area contributed by atoms with Crippen molar-refractivity contribution in [2.24, 2.45) is 62.1 Å². The minimum absolute atomic E-state index is 0.00157. The summed E-state index contributed by atoms with van der Waals surface area (Å²) in [6.45, 7) is 17.5. The summed E-state index contributed by atoms with van der Waals surface area (Å²) in [4.78, 5) is 72.7. The van der Waals surface area contributed by atoms with Crippen LogP contribution in [0.2, 0.25) is 0 Å². The lowest BCUT2D eigenvalue weighted by molar-refractivity contribution is -0.391. The molecule has 4 saturated carbocycles. The van der Waals surface area contributed by atoms with Crippen molar-refractivity contribution in [2.45, 2.75) is 431 Å². The van der Waals surface area contributed by atoms with Crippen LogP contribution in [0.15, 0.2) is 11.6 Å². The fourth-order valence-electron chi connectivity index (χ4n) is 24.1. The predicted molar refractivity (Wildman–Crippen MR) is 458 cm³/mol. The Morgan fingerprint density at radius 3 is 1.68 bits per heavy atom. The van der Waals surface area contributed by atoms with Gasteiger partial charge in [0.2, 0.25) is 6.29 Å². The number of rotatable bonds is 35. The van der Waals surface area contributed by atoms with E-state index in [1.54, 1.807) is 27.7 Å². The predicted octanol–water partition coefficient (Wildman–Crippen LogP) is -5.69. The first-order valence-corrected chi connectivity index (χ1v) is 48.3. The molecule has 46 nitrogen and oxygen atoms in total. The van der Waals surface area contributed by atoms with Gasteiger partial charge in [0.25, 0.3) is 0 Å². The fourth-order valence-corrected chi connectivity index (χ4v) is 24.1. The van der Waals surface area contributed by atoms with Gasteiger partial charge in [0.15, 0.2) is 62.3 Å². The Hall–Kier alpha value is -4.19. The van der Waals surface area contributed by atoms with Crippen molar-refractivity contribution < 1.29 is 227 Å². The maximum Gasteiger partial charge on any atom is 0.335 e. The Balaban J connectivity index is 0.763. The average Bonchev–Trinajstić information content (AvgIpc) is 0.696. The van der Waals surface area contributed by atoms with Crippen LogP contribution < -0.4 is 0 Å². The highest BCUT2D eigenvalue weighted by Crippen LogP contribution is 2.76. The first-order chi connectivity index (χ1) is 64.8. The van der Waals surface area contributed by atoms with E-state index in [-0.39, 0.29) is 43.9 Å². The molecule has 0 bridgehead atoms. The Morgan fingerprint density at radius 1 is 0.507 bits per heavy atom. The Labute approximate surface area is 797 Å². The highest BCUT2D eigenvalue weighted by atomic mass is 16.8. The fraction of sp³-hybridized carbons (Fsp3) is 0.924. The Bertz CT molecular complexity index is 4100. The van der Waals surface area contributed by atoms with Gasteiger partial charge in [-0.2, -0.15) is 0 Å². The molecule has 46 heteroatoms. The molecule has 792 valence electrons. The van der Waals surface area contributed by atoms with E-state index >= 15 is 4.79 Å². The summed E-state index contributed by atoms with van der Waals surface area (Å²) in [5.74, 6) is -7.44. The van der Waals surface area contributed by atoms with Crippen molar-refractivity contribution in [3.05, 3.63) is 11.6 Å². The molecule has 0 radical (unpaired) electrons. The van der Waals surface area contributed by atoms with E-state index in [4.69, 9.17) is 85.3 Å². The van der Waals surface area contributed by atoms with E-state index in [0.717, 1.165) is 11.9 Å². The molecule has 0 aromatic rings. The third-order valence-corrected chi connectivity index (χ3v) is 33.3. The lowest BCUT2D eigenvalue weighted by Gasteiger charge is -2.71. The van der Waals surface area contributed by atoms with E-state index in [1.165, 1.54) is 13.8 Å². The summed E-state index contributed by atoms with van der Waals surface area (Å²) in [6, 6.07) is 0. The number of hydrogen-bond donors (Lipinski definition) is 23. The molecule has 13 rings (SSSR count). The maximum absolute atomic E-state index is 16.5. The van der Waals surface area contributed by atoms with Gasteiger partial charge in [0.1, 0.15) is 152 Å². The first-order valence-electron chi connectivity index (χ1n) is 48.3. The van der Waals surface area contributed by atoms with Crippen LogP contribution in [0.5, 0.6) is 0 Å². The number of ether oxygens (including phenoxy) is 18. The number of carboxylic acid groups (broad SMARTS) is 1. The number of carbonyl (C=O) groups excluding carboxylic acids is 4. The summed E-state index contributed by atoms with van der Waals surface area (Å²) < 4.78 is 109. The summed E-state index contributed by atoms with van der Waals surface area (Å²) in [7, 11) is 0. The van der Waals surface area contributed by atoms with Crippen LogP contribution in [0.4, 0.5) is 0 Å². The number of aliphatic carboxylic acids is 1. The van der Waals surface area contributed by atoms with Crippen LogP contribution in [-0.2, 0) is 109 Å². The molecule has 23 N–H and O–H groups in total. The van der Waals surface area contributed by atoms with E-state index in [1.807, 2.05) is 27.7 Å². The number of carboxylic acids is 1. The van der Waals surface area contributed by atoms with Gasteiger partial charge in [-0.25, -0.2) is 4.79 Å². The molecule has 0 spiro atoms. The number of hydrogen-bond acceptors (Lipinski definition) is 45. The zero-order valence-corrected chi connectivity index (χ0v) is 79.7. The number of aliphatic hydroxyl groups excluding tert-OH is 21. The van der Waals surface area contributed by atoms with E-state index in [0.29, 0.717) is 44.9 Å². The molecule has 12 fully saturated rings. The molecule has 51 atom stereocenters. The maximum atomic E-state index is 16.5. The normalized spacial score (nSPS) is 48.7. The van der Waals surface area contributed by atoms with Crippen molar-refractivity contribution in [3.8, 4) is 0 Å². The van der Waals surface area contributed by atoms with Gasteiger partial charge >= 0.3 is 23.9 Å². The van der Waals surface area contributed by atoms with E-state index < -0.39 is 384 Å². The second-order valence-corrected chi connectivity index (χ2v) is 42.6. The van der Waals surface area contributed by atoms with Crippen molar-refractivity contribution in [2.75, 3.05) is 39.6 Å². The van der Waals surface area contributed by atoms with Gasteiger partial charge in [-0.15, -0.1) is 0 Å². The lowest BCUT2D eigenvalue weighted by atomic mass is 9.33. The minimum atomic E-state index is -2.27. The SMILES string of the molecule is CC[C@H](C)[C@H](C[C@H](O)CC(=O)OC1[C@H](O)C(C)O[C@@H](OC(=O)[C@]23CCC(C)(C)CC2C2=CCC4[C@@]5(C)CC[C@H](O[C@@H]6OC(C(=O)O)[C@H](O)[C@H](O[C@@H]7OC[C@@H](O)[C@H](O)C7O)C6O[C@@H]6OC(CO)[C@H](O)[C@H](O)C6O)[C@@](C)(C=O)C5CC[C@@]4(C)[C@]2(C)C[C@H]3O)[C@@H]1O[C@@H]1OC(C)[C@H](OC2OCC(O)[C@H](O[C@@H]3OCC(O)(CO)[C@@H]3O)[C@@H]2O)[C@H](O)C1O)OC(=O)C[C@@H](O)C[C@H](O[C@@H]1O[C@@H](CO)C(O)C1O)[C@@H](C)CC. The number of allylic oxidation sites excluding steroid dienone is 2. The molecule has 8 aliphatic heterocycles. The molecule has 0 amide bonds. The number of carbonyl (C=O) groups is 5. The Kier molecular flexibility index (Phi) is 35.5. The number of aldehydes is 1. The largest absolute Gasteiger partial charge is 0.479 e. The summed E-state index contributed by atoms with van der Waals surface area (Å²) in [5.41, 5.74) is -7.79. The molecular weight excluding hydrogens is 1840 g/mol. The van der Waals surface area contributed by atoms with Gasteiger partial charge in [0.05, 0.1) is 101 Å². The molecule has 17 unspecified atom stereocenters. The first kappa shape index (κ1) is 111. The number of esters is 3. The van der Waals surface area contributed by atoms with Gasteiger partial charge in [0, 0.05) is 12.8 Å². The van der Waals surface area contributed by atoms with Crippen LogP contribution >= 0.6 is 0 Å². The molecular formula is C92H148O46. The second kappa shape index (κ2) is 44.1. The third kappa shape index (κ3) is 21.4. The minimum Gasteiger partial charge on any atom is -0.479 e. The smallest absolute Gasteiger partial charge is 0.335 e. The molecule has 8 saturated heterocycles. The van der Waals surface area contributed by atoms with Crippen molar-refractivity contribution >= 4 is 30.2 Å². The van der Waals surface area contributed by atoms with E-state index in [9.17, 15) is 137 Å². The quantitative estimate of drug-likeness (QED) is 0.00924. The highest BCUT2D eigenvalue weighted by molar-refractivity contribution is 5.80. The summed E-state index contributed by atoms with van der Waals surface area (Å²) in [5, 5.41) is 256. The zero-order valence-electron chi connectivity index (χ0n) is 79.7. The Morgan fingerprint density at radius 2 is 1.06 bits per heavy atom. The van der Waals surface area contributed by atoms with Crippen LogP contribution in [-0.4, -0.2) is 439 Å². The topological polar surface area (TPSA) is 717 Å². The lowest BCUT2D eigenvalue weighted by Crippen LogP contribution is -2.69. The molecule has 138 heavy (non-hydrogen) atoms. The van der Waals surface area contributed by atoms with Gasteiger partial charge in [-0.3, -0.25) is 14.4 Å². The van der Waals surface area contributed by atoms with Gasteiger partial charge < -0.3 is 208 Å². The van der Waals surface area contributed by atoms with Crippen LogP contribution in [0.25, 0.3) is 0 Å². The summed E-state index contributed by atoms with van der Waals surface area (Å²) >= 11 is 0. The molecule has 13 aliphatic rings. The zero-order chi connectivity index (χ0) is 101. The van der Waals surface area contributed by atoms with E-state index in [2.05, 4.69) is 19.9 Å². The molecule has 0 aromatic heterocycles. The number of aliphatic hydroxyl groups is 22. The molecule has 0 aromatic carbocycles. The monoisotopic (exact) mass is 1990 g/mol. The average molecular weight is 1990 g/mol. The molecule has 8 heterocycles. The van der Waals surface area contributed by atoms with Gasteiger partial charge in [-0.05, 0) is 123 Å². The van der Waals surface area contributed by atoms with Crippen LogP contribution in [0.1, 0.15) is 179 Å². The van der Waals surface area contributed by atoms with Gasteiger partial charge in [-0.1, -0.05) is 93.7 Å². The van der Waals surface area contributed by atoms with Crippen LogP contribution in [0, 0.1) is 62.1 Å².